The molecule has 0 atom stereocenters. The van der Waals surface area contributed by atoms with Gasteiger partial charge in [0.05, 0.1) is 5.69 Å². The highest BCUT2D eigenvalue weighted by Gasteiger charge is 2.23. The number of tetrazole rings is 1. The summed E-state index contributed by atoms with van der Waals surface area (Å²) < 4.78 is 1.55. The van der Waals surface area contributed by atoms with Crippen LogP contribution in [0.1, 0.15) is 18.4 Å². The Labute approximate surface area is 110 Å². The van der Waals surface area contributed by atoms with Crippen molar-refractivity contribution in [3.05, 3.63) is 30.1 Å². The molecule has 0 aliphatic heterocycles. The molecule has 19 heavy (non-hydrogen) atoms. The summed E-state index contributed by atoms with van der Waals surface area (Å²) in [6, 6.07) is 5.83. The zero-order valence-electron chi connectivity index (χ0n) is 10.5. The van der Waals surface area contributed by atoms with Gasteiger partial charge in [0.25, 0.3) is 0 Å². The monoisotopic (exact) mass is 258 g/mol. The SMILES string of the molecule is Cc1ccc(-n2cnnn2)cc1NC(=O)NC1CC1. The van der Waals surface area contributed by atoms with Crippen molar-refractivity contribution < 1.29 is 4.79 Å². The molecule has 7 heteroatoms. The van der Waals surface area contributed by atoms with Crippen LogP contribution in [0.4, 0.5) is 10.5 Å². The van der Waals surface area contributed by atoms with E-state index in [1.807, 2.05) is 25.1 Å². The average Bonchev–Trinajstić information content (AvgIpc) is 3.03. The second-order valence-electron chi connectivity index (χ2n) is 4.63. The molecule has 3 rings (SSSR count). The van der Waals surface area contributed by atoms with Crippen molar-refractivity contribution in [3.8, 4) is 5.69 Å². The molecule has 2 amide bonds. The molecule has 1 heterocycles. The minimum Gasteiger partial charge on any atom is -0.335 e. The topological polar surface area (TPSA) is 84.7 Å². The number of benzene rings is 1. The molecule has 0 saturated heterocycles. The van der Waals surface area contributed by atoms with E-state index in [4.69, 9.17) is 0 Å². The maximum Gasteiger partial charge on any atom is 0.319 e. The number of aromatic nitrogens is 4. The van der Waals surface area contributed by atoms with Gasteiger partial charge in [-0.1, -0.05) is 6.07 Å². The van der Waals surface area contributed by atoms with E-state index in [0.29, 0.717) is 6.04 Å². The molecule has 1 saturated carbocycles. The van der Waals surface area contributed by atoms with Gasteiger partial charge in [-0.25, -0.2) is 9.48 Å². The zero-order chi connectivity index (χ0) is 13.2. The Morgan fingerprint density at radius 1 is 1.42 bits per heavy atom. The molecule has 0 unspecified atom stereocenters. The van der Waals surface area contributed by atoms with E-state index in [9.17, 15) is 4.79 Å². The summed E-state index contributed by atoms with van der Waals surface area (Å²) in [6.45, 7) is 1.94. The number of amides is 2. The number of nitrogens with zero attached hydrogens (tertiary/aromatic N) is 4. The first kappa shape index (κ1) is 11.6. The first-order valence-electron chi connectivity index (χ1n) is 6.14. The fraction of sp³-hybridized carbons (Fsp3) is 0.333. The van der Waals surface area contributed by atoms with E-state index in [0.717, 1.165) is 29.8 Å². The predicted molar refractivity (Wildman–Crippen MR) is 69.1 cm³/mol. The third-order valence-corrected chi connectivity index (χ3v) is 3.00. The molecule has 7 nitrogen and oxygen atoms in total. The Balaban J connectivity index is 1.79. The first-order valence-corrected chi connectivity index (χ1v) is 6.14. The van der Waals surface area contributed by atoms with E-state index >= 15 is 0 Å². The van der Waals surface area contributed by atoms with Gasteiger partial charge in [0.2, 0.25) is 0 Å². The van der Waals surface area contributed by atoms with Crippen LogP contribution in [0.5, 0.6) is 0 Å². The highest BCUT2D eigenvalue weighted by molar-refractivity contribution is 5.90. The second kappa shape index (κ2) is 4.68. The Morgan fingerprint density at radius 3 is 2.95 bits per heavy atom. The van der Waals surface area contributed by atoms with Crippen molar-refractivity contribution in [1.82, 2.24) is 25.5 Å². The van der Waals surface area contributed by atoms with Crippen molar-refractivity contribution in [1.29, 1.82) is 0 Å². The van der Waals surface area contributed by atoms with Gasteiger partial charge >= 0.3 is 6.03 Å². The van der Waals surface area contributed by atoms with Crippen LogP contribution in [0.15, 0.2) is 24.5 Å². The molecule has 98 valence electrons. The molecule has 0 spiro atoms. The molecular weight excluding hydrogens is 244 g/mol. The highest BCUT2D eigenvalue weighted by atomic mass is 16.2. The Morgan fingerprint density at radius 2 is 2.26 bits per heavy atom. The number of carbonyl (C=O) groups excluding carboxylic acids is 1. The lowest BCUT2D eigenvalue weighted by molar-refractivity contribution is 0.251. The summed E-state index contributed by atoms with van der Waals surface area (Å²) in [5, 5.41) is 16.7. The molecule has 2 N–H and O–H groups in total. The summed E-state index contributed by atoms with van der Waals surface area (Å²) in [6.07, 6.45) is 3.65. The number of anilines is 1. The van der Waals surface area contributed by atoms with Gasteiger partial charge in [-0.2, -0.15) is 0 Å². The number of nitrogens with one attached hydrogen (secondary N) is 2. The fourth-order valence-electron chi connectivity index (χ4n) is 1.74. The summed E-state index contributed by atoms with van der Waals surface area (Å²) >= 11 is 0. The minimum atomic E-state index is -0.167. The van der Waals surface area contributed by atoms with Crippen LogP contribution in [0.3, 0.4) is 0 Å². The van der Waals surface area contributed by atoms with Crippen LogP contribution in [-0.2, 0) is 0 Å². The molecule has 1 aliphatic rings. The number of hydrogen-bond acceptors (Lipinski definition) is 4. The van der Waals surface area contributed by atoms with Crippen molar-refractivity contribution in [2.75, 3.05) is 5.32 Å². The maximum atomic E-state index is 11.7. The number of hydrogen-bond donors (Lipinski definition) is 2. The number of aryl methyl sites for hydroxylation is 1. The van der Waals surface area contributed by atoms with Crippen LogP contribution in [0, 0.1) is 6.92 Å². The van der Waals surface area contributed by atoms with Crippen molar-refractivity contribution in [3.63, 3.8) is 0 Å². The highest BCUT2D eigenvalue weighted by Crippen LogP contribution is 2.21. The van der Waals surface area contributed by atoms with Crippen molar-refractivity contribution >= 4 is 11.7 Å². The molecule has 1 aromatic carbocycles. The Bertz CT molecular complexity index is 590. The normalized spacial score (nSPS) is 14.2. The van der Waals surface area contributed by atoms with Gasteiger partial charge in [-0.05, 0) is 47.9 Å². The maximum absolute atomic E-state index is 11.7. The average molecular weight is 258 g/mol. The van der Waals surface area contributed by atoms with Gasteiger partial charge in [-0.3, -0.25) is 0 Å². The van der Waals surface area contributed by atoms with Gasteiger partial charge in [0, 0.05) is 11.7 Å². The molecule has 0 radical (unpaired) electrons. The van der Waals surface area contributed by atoms with Crippen LogP contribution in [0.2, 0.25) is 0 Å². The van der Waals surface area contributed by atoms with Crippen molar-refractivity contribution in [2.45, 2.75) is 25.8 Å². The lowest BCUT2D eigenvalue weighted by Crippen LogP contribution is -2.30. The first-order chi connectivity index (χ1) is 9.22. The van der Waals surface area contributed by atoms with E-state index in [-0.39, 0.29) is 6.03 Å². The standard InChI is InChI=1S/C12H14N6O/c1-8-2-5-10(18-7-13-16-17-18)6-11(8)15-12(19)14-9-3-4-9/h2,5-7,9H,3-4H2,1H3,(H2,14,15,19). The van der Waals surface area contributed by atoms with Gasteiger partial charge in [0.15, 0.2) is 0 Å². The number of carbonyl (C=O) groups is 1. The molecule has 1 fully saturated rings. The quantitative estimate of drug-likeness (QED) is 0.867. The number of rotatable bonds is 3. The zero-order valence-corrected chi connectivity index (χ0v) is 10.5. The van der Waals surface area contributed by atoms with E-state index < -0.39 is 0 Å². The summed E-state index contributed by atoms with van der Waals surface area (Å²) in [5.74, 6) is 0. The third kappa shape index (κ3) is 2.70. The summed E-state index contributed by atoms with van der Waals surface area (Å²) in [4.78, 5) is 11.7. The second-order valence-corrected chi connectivity index (χ2v) is 4.63. The third-order valence-electron chi connectivity index (χ3n) is 3.00. The molecule has 2 aromatic rings. The summed E-state index contributed by atoms with van der Waals surface area (Å²) in [7, 11) is 0. The van der Waals surface area contributed by atoms with E-state index in [2.05, 4.69) is 26.2 Å². The molecular formula is C12H14N6O. The van der Waals surface area contributed by atoms with Crippen LogP contribution in [-0.4, -0.2) is 32.3 Å². The minimum absolute atomic E-state index is 0.167. The van der Waals surface area contributed by atoms with Crippen LogP contribution in [0.25, 0.3) is 5.69 Å². The van der Waals surface area contributed by atoms with Crippen LogP contribution >= 0.6 is 0 Å². The van der Waals surface area contributed by atoms with Gasteiger partial charge < -0.3 is 10.6 Å². The molecule has 1 aromatic heterocycles. The van der Waals surface area contributed by atoms with Gasteiger partial charge in [0.1, 0.15) is 6.33 Å². The van der Waals surface area contributed by atoms with Crippen molar-refractivity contribution in [2.24, 2.45) is 0 Å². The predicted octanol–water partition coefficient (Wildman–Crippen LogP) is 1.25. The largest absolute Gasteiger partial charge is 0.335 e. The summed E-state index contributed by atoms with van der Waals surface area (Å²) in [5.41, 5.74) is 2.55. The van der Waals surface area contributed by atoms with Crippen LogP contribution < -0.4 is 10.6 Å². The lowest BCUT2D eigenvalue weighted by atomic mass is 10.2. The lowest BCUT2D eigenvalue weighted by Gasteiger charge is -2.10. The smallest absolute Gasteiger partial charge is 0.319 e. The molecule has 0 bridgehead atoms. The van der Waals surface area contributed by atoms with Gasteiger partial charge in [-0.15, -0.1) is 5.10 Å². The Hall–Kier alpha value is -2.44. The van der Waals surface area contributed by atoms with E-state index in [1.165, 1.54) is 6.33 Å². The van der Waals surface area contributed by atoms with E-state index in [1.54, 1.807) is 4.68 Å². The Kier molecular flexibility index (Phi) is 2.86. The molecule has 1 aliphatic carbocycles. The number of urea groups is 1. The fourth-order valence-corrected chi connectivity index (χ4v) is 1.74.